The maximum Gasteiger partial charge on any atom is 0.356 e. The number of hydrogen-bond donors (Lipinski definition) is 2. The third-order valence-corrected chi connectivity index (χ3v) is 3.63. The number of benzene rings is 1. The van der Waals surface area contributed by atoms with Gasteiger partial charge in [-0.25, -0.2) is 4.79 Å². The van der Waals surface area contributed by atoms with Crippen molar-refractivity contribution >= 4 is 34.9 Å². The molecule has 0 spiro atoms. The summed E-state index contributed by atoms with van der Waals surface area (Å²) < 4.78 is 1.13. The highest BCUT2D eigenvalue weighted by Crippen LogP contribution is 2.35. The van der Waals surface area contributed by atoms with Crippen molar-refractivity contribution in [1.29, 1.82) is 5.26 Å². The SMILES string of the molecule is N#Cc1cn(C(=CO)C(=O)O)cc1-c1cccc(Cl)c1Cl. The summed E-state index contributed by atoms with van der Waals surface area (Å²) in [6.45, 7) is 0. The number of halogens is 2. The lowest BCUT2D eigenvalue weighted by Gasteiger charge is -2.04. The van der Waals surface area contributed by atoms with Crippen LogP contribution in [0.2, 0.25) is 10.0 Å². The van der Waals surface area contributed by atoms with Crippen LogP contribution in [-0.2, 0) is 4.79 Å². The van der Waals surface area contributed by atoms with E-state index in [1.165, 1.54) is 12.4 Å². The number of carboxylic acid groups (broad SMARTS) is 1. The first-order chi connectivity index (χ1) is 9.99. The van der Waals surface area contributed by atoms with Gasteiger partial charge in [-0.15, -0.1) is 0 Å². The Kier molecular flexibility index (Phi) is 4.22. The predicted molar refractivity (Wildman–Crippen MR) is 79.1 cm³/mol. The van der Waals surface area contributed by atoms with Gasteiger partial charge in [0.15, 0.2) is 5.70 Å². The van der Waals surface area contributed by atoms with Gasteiger partial charge in [-0.05, 0) is 6.07 Å². The van der Waals surface area contributed by atoms with E-state index in [-0.39, 0.29) is 10.6 Å². The Labute approximate surface area is 129 Å². The van der Waals surface area contributed by atoms with Crippen LogP contribution < -0.4 is 0 Å². The third kappa shape index (κ3) is 2.72. The minimum Gasteiger partial charge on any atom is -0.513 e. The van der Waals surface area contributed by atoms with Gasteiger partial charge in [0.2, 0.25) is 0 Å². The van der Waals surface area contributed by atoms with Crippen LogP contribution in [0.15, 0.2) is 36.9 Å². The lowest BCUT2D eigenvalue weighted by Crippen LogP contribution is -2.05. The van der Waals surface area contributed by atoms with Crippen LogP contribution in [-0.4, -0.2) is 20.7 Å². The molecule has 0 bridgehead atoms. The third-order valence-electron chi connectivity index (χ3n) is 2.81. The van der Waals surface area contributed by atoms with Gasteiger partial charge in [-0.2, -0.15) is 5.26 Å². The first-order valence-corrected chi connectivity index (χ1v) is 6.39. The topological polar surface area (TPSA) is 86.3 Å². The molecule has 0 aliphatic carbocycles. The standard InChI is InChI=1S/C14H8Cl2N2O3/c15-11-3-1-2-9(13(11)16)10-6-18(5-8(10)4-17)12(7-19)14(20)21/h1-3,5-7,19H,(H,20,21). The van der Waals surface area contributed by atoms with E-state index in [1.807, 2.05) is 6.07 Å². The molecular weight excluding hydrogens is 315 g/mol. The number of rotatable bonds is 3. The molecular formula is C14H8Cl2N2O3. The van der Waals surface area contributed by atoms with Crippen LogP contribution in [0.4, 0.5) is 0 Å². The molecule has 21 heavy (non-hydrogen) atoms. The summed E-state index contributed by atoms with van der Waals surface area (Å²) in [4.78, 5) is 11.0. The van der Waals surface area contributed by atoms with E-state index >= 15 is 0 Å². The molecule has 0 saturated carbocycles. The van der Waals surface area contributed by atoms with Crippen molar-refractivity contribution in [2.45, 2.75) is 0 Å². The van der Waals surface area contributed by atoms with Crippen molar-refractivity contribution in [2.75, 3.05) is 0 Å². The average molecular weight is 323 g/mol. The first-order valence-electron chi connectivity index (χ1n) is 5.64. The molecule has 7 heteroatoms. The number of nitriles is 1. The molecule has 1 heterocycles. The quantitative estimate of drug-likeness (QED) is 0.665. The second kappa shape index (κ2) is 5.92. The number of carbonyl (C=O) groups is 1. The van der Waals surface area contributed by atoms with Gasteiger partial charge < -0.3 is 14.8 Å². The van der Waals surface area contributed by atoms with Gasteiger partial charge in [0.1, 0.15) is 12.3 Å². The van der Waals surface area contributed by atoms with E-state index in [9.17, 15) is 10.1 Å². The number of carboxylic acids is 1. The first kappa shape index (κ1) is 15.0. The van der Waals surface area contributed by atoms with E-state index < -0.39 is 11.7 Å². The molecule has 1 aromatic carbocycles. The second-order valence-corrected chi connectivity index (χ2v) is 4.81. The van der Waals surface area contributed by atoms with E-state index in [1.54, 1.807) is 18.2 Å². The Balaban J connectivity index is 2.66. The molecule has 0 radical (unpaired) electrons. The Bertz CT molecular complexity index is 788. The van der Waals surface area contributed by atoms with E-state index in [4.69, 9.17) is 33.4 Å². The smallest absolute Gasteiger partial charge is 0.356 e. The molecule has 0 aliphatic heterocycles. The van der Waals surface area contributed by atoms with E-state index in [0.717, 1.165) is 4.57 Å². The molecule has 0 amide bonds. The highest BCUT2D eigenvalue weighted by atomic mass is 35.5. The highest BCUT2D eigenvalue weighted by molar-refractivity contribution is 6.43. The maximum atomic E-state index is 11.0. The summed E-state index contributed by atoms with van der Waals surface area (Å²) in [6, 6.07) is 6.89. The maximum absolute atomic E-state index is 11.0. The number of aliphatic carboxylic acids is 1. The van der Waals surface area contributed by atoms with Crippen molar-refractivity contribution in [3.63, 3.8) is 0 Å². The molecule has 1 aromatic heterocycles. The minimum absolute atomic E-state index is 0.208. The largest absolute Gasteiger partial charge is 0.513 e. The van der Waals surface area contributed by atoms with Crippen molar-refractivity contribution in [3.05, 3.63) is 52.5 Å². The summed E-state index contributed by atoms with van der Waals surface area (Å²) in [5, 5.41) is 27.7. The van der Waals surface area contributed by atoms with Gasteiger partial charge >= 0.3 is 5.97 Å². The predicted octanol–water partition coefficient (Wildman–Crippen LogP) is 3.77. The molecule has 5 nitrogen and oxygen atoms in total. The summed E-state index contributed by atoms with van der Waals surface area (Å²) in [6.07, 6.45) is 3.14. The van der Waals surface area contributed by atoms with E-state index in [0.29, 0.717) is 22.4 Å². The molecule has 0 unspecified atom stereocenters. The Morgan fingerprint density at radius 1 is 1.29 bits per heavy atom. The van der Waals surface area contributed by atoms with Crippen molar-refractivity contribution in [3.8, 4) is 17.2 Å². The molecule has 2 aromatic rings. The molecule has 0 aliphatic rings. The van der Waals surface area contributed by atoms with Gasteiger partial charge in [-0.1, -0.05) is 35.3 Å². The number of aromatic nitrogens is 1. The molecule has 0 fully saturated rings. The number of hydrogen-bond acceptors (Lipinski definition) is 3. The number of aliphatic hydroxyl groups excluding tert-OH is 1. The molecule has 106 valence electrons. The second-order valence-electron chi connectivity index (χ2n) is 4.03. The molecule has 2 rings (SSSR count). The Morgan fingerprint density at radius 3 is 2.57 bits per heavy atom. The normalized spacial score (nSPS) is 11.2. The summed E-state index contributed by atoms with van der Waals surface area (Å²) in [5.74, 6) is -1.33. The van der Waals surface area contributed by atoms with Crippen LogP contribution in [0, 0.1) is 11.3 Å². The van der Waals surface area contributed by atoms with Gasteiger partial charge in [0.05, 0.1) is 15.6 Å². The summed E-state index contributed by atoms with van der Waals surface area (Å²) in [7, 11) is 0. The highest BCUT2D eigenvalue weighted by Gasteiger charge is 2.17. The van der Waals surface area contributed by atoms with Crippen LogP contribution in [0.25, 0.3) is 16.8 Å². The van der Waals surface area contributed by atoms with Gasteiger partial charge in [0, 0.05) is 23.5 Å². The fourth-order valence-electron chi connectivity index (χ4n) is 1.84. The Hall–Kier alpha value is -2.42. The fourth-order valence-corrected chi connectivity index (χ4v) is 2.24. The Morgan fingerprint density at radius 2 is 2.00 bits per heavy atom. The van der Waals surface area contributed by atoms with Gasteiger partial charge in [-0.3, -0.25) is 0 Å². The van der Waals surface area contributed by atoms with Crippen molar-refractivity contribution in [1.82, 2.24) is 4.57 Å². The van der Waals surface area contributed by atoms with Gasteiger partial charge in [0.25, 0.3) is 0 Å². The van der Waals surface area contributed by atoms with Crippen molar-refractivity contribution in [2.24, 2.45) is 0 Å². The average Bonchev–Trinajstić information content (AvgIpc) is 2.86. The number of nitrogens with zero attached hydrogens (tertiary/aromatic N) is 2. The summed E-state index contributed by atoms with van der Waals surface area (Å²) >= 11 is 12.1. The fraction of sp³-hybridized carbons (Fsp3) is 0. The zero-order chi connectivity index (χ0) is 15.6. The van der Waals surface area contributed by atoms with Crippen LogP contribution in [0.1, 0.15) is 5.56 Å². The monoisotopic (exact) mass is 322 g/mol. The lowest BCUT2D eigenvalue weighted by atomic mass is 10.1. The molecule has 2 N–H and O–H groups in total. The van der Waals surface area contributed by atoms with E-state index in [2.05, 4.69) is 0 Å². The molecule has 0 saturated heterocycles. The minimum atomic E-state index is -1.33. The van der Waals surface area contributed by atoms with Crippen molar-refractivity contribution < 1.29 is 15.0 Å². The van der Waals surface area contributed by atoms with Crippen LogP contribution in [0.3, 0.4) is 0 Å². The van der Waals surface area contributed by atoms with Crippen LogP contribution >= 0.6 is 23.2 Å². The lowest BCUT2D eigenvalue weighted by molar-refractivity contribution is -0.130. The van der Waals surface area contributed by atoms with Crippen LogP contribution in [0.5, 0.6) is 0 Å². The summed E-state index contributed by atoms with van der Waals surface area (Å²) in [5.41, 5.74) is 0.739. The zero-order valence-electron chi connectivity index (χ0n) is 10.4. The zero-order valence-corrected chi connectivity index (χ0v) is 11.9. The molecule has 0 atom stereocenters. The number of aliphatic hydroxyl groups is 1.